The van der Waals surface area contributed by atoms with Gasteiger partial charge < -0.3 is 30.3 Å². The number of pyridine rings is 1. The number of halogens is 1. The fraction of sp³-hybridized carbons (Fsp3) is 0.261. The van der Waals surface area contributed by atoms with E-state index in [1.165, 1.54) is 0 Å². The molecule has 1 aromatic heterocycles. The first-order valence-electron chi connectivity index (χ1n) is 10.1. The number of nitrogens with two attached hydrogens (primary N) is 1. The summed E-state index contributed by atoms with van der Waals surface area (Å²) in [7, 11) is 3.81. The van der Waals surface area contributed by atoms with Gasteiger partial charge in [-0.25, -0.2) is 0 Å². The number of rotatable bonds is 6. The summed E-state index contributed by atoms with van der Waals surface area (Å²) in [5, 5.41) is 3.71. The smallest absolute Gasteiger partial charge is 0.240 e. The zero-order valence-corrected chi connectivity index (χ0v) is 18.4. The molecule has 0 spiro atoms. The number of piperazine rings is 1. The first-order valence-corrected chi connectivity index (χ1v) is 10.5. The monoisotopic (exact) mass is 439 g/mol. The number of nitrogens with one attached hydrogen (secondary N) is 1. The molecule has 4 rings (SSSR count). The summed E-state index contributed by atoms with van der Waals surface area (Å²) in [4.78, 5) is 9.21. The van der Waals surface area contributed by atoms with E-state index in [4.69, 9.17) is 26.8 Å². The number of benzene rings is 2. The minimum atomic E-state index is 0.297. The van der Waals surface area contributed by atoms with Crippen molar-refractivity contribution < 1.29 is 9.47 Å². The van der Waals surface area contributed by atoms with Crippen LogP contribution in [-0.4, -0.2) is 50.2 Å². The number of hydrogen-bond donors (Lipinski definition) is 2. The van der Waals surface area contributed by atoms with Crippen LogP contribution in [0.4, 0.5) is 22.9 Å². The summed E-state index contributed by atoms with van der Waals surface area (Å²) in [6.07, 6.45) is 0. The van der Waals surface area contributed by atoms with Crippen LogP contribution in [0.5, 0.6) is 17.4 Å². The van der Waals surface area contributed by atoms with Gasteiger partial charge in [-0.2, -0.15) is 4.98 Å². The molecule has 1 saturated heterocycles. The van der Waals surface area contributed by atoms with Crippen LogP contribution in [0, 0.1) is 0 Å². The van der Waals surface area contributed by atoms with Crippen LogP contribution in [0.25, 0.3) is 0 Å². The Bertz CT molecular complexity index is 1050. The highest BCUT2D eigenvalue weighted by atomic mass is 35.5. The molecule has 8 heteroatoms. The Morgan fingerprint density at radius 2 is 1.84 bits per heavy atom. The number of methoxy groups -OCH3 is 1. The van der Waals surface area contributed by atoms with Gasteiger partial charge in [-0.15, -0.1) is 0 Å². The summed E-state index contributed by atoms with van der Waals surface area (Å²) < 4.78 is 11.5. The Kier molecular flexibility index (Phi) is 6.34. The SMILES string of the molecule is COc1cc(N2CCN(C)CC2)ccc1Nc1ccc(Cl)c(Oc2cccc(N)c2)n1. The second kappa shape index (κ2) is 9.32. The second-order valence-corrected chi connectivity index (χ2v) is 7.87. The number of anilines is 4. The van der Waals surface area contributed by atoms with Crippen LogP contribution in [0.2, 0.25) is 5.02 Å². The Hall–Kier alpha value is -3.16. The lowest BCUT2D eigenvalue weighted by molar-refractivity contribution is 0.312. The van der Waals surface area contributed by atoms with Crippen molar-refractivity contribution in [3.05, 3.63) is 59.6 Å². The highest BCUT2D eigenvalue weighted by Crippen LogP contribution is 2.34. The molecule has 3 aromatic rings. The molecule has 0 saturated carbocycles. The van der Waals surface area contributed by atoms with Gasteiger partial charge in [0.15, 0.2) is 0 Å². The summed E-state index contributed by atoms with van der Waals surface area (Å²) in [5.41, 5.74) is 8.38. The zero-order valence-electron chi connectivity index (χ0n) is 17.6. The van der Waals surface area contributed by atoms with Gasteiger partial charge in [0.2, 0.25) is 5.88 Å². The quantitative estimate of drug-likeness (QED) is 0.543. The third-order valence-electron chi connectivity index (χ3n) is 5.20. The number of likely N-dealkylation sites (N-methyl/N-ethyl adjacent to an activating group) is 1. The molecule has 1 aliphatic rings. The number of ether oxygens (including phenoxy) is 2. The van der Waals surface area contributed by atoms with Crippen LogP contribution in [0.3, 0.4) is 0 Å². The van der Waals surface area contributed by atoms with Gasteiger partial charge in [-0.3, -0.25) is 0 Å². The van der Waals surface area contributed by atoms with E-state index in [1.54, 1.807) is 37.4 Å². The third-order valence-corrected chi connectivity index (χ3v) is 5.49. The predicted octanol–water partition coefficient (Wildman–Crippen LogP) is 4.61. The first-order chi connectivity index (χ1) is 15.0. The molecule has 0 unspecified atom stereocenters. The molecule has 1 fully saturated rings. The molecule has 2 heterocycles. The molecular weight excluding hydrogens is 414 g/mol. The summed E-state index contributed by atoms with van der Waals surface area (Å²) in [6.45, 7) is 4.09. The molecule has 1 aliphatic heterocycles. The van der Waals surface area contributed by atoms with Crippen molar-refractivity contribution in [2.45, 2.75) is 0 Å². The van der Waals surface area contributed by atoms with Gasteiger partial charge in [0.25, 0.3) is 0 Å². The Labute approximate surface area is 187 Å². The standard InChI is InChI=1S/C23H26ClN5O2/c1-28-10-12-29(13-11-28)17-6-8-20(21(15-17)30-2)26-22-9-7-19(24)23(27-22)31-18-5-3-4-16(25)14-18/h3-9,14-15H,10-13,25H2,1-2H3,(H,26,27). The lowest BCUT2D eigenvalue weighted by atomic mass is 10.2. The number of hydrogen-bond acceptors (Lipinski definition) is 7. The van der Waals surface area contributed by atoms with Crippen molar-refractivity contribution in [2.24, 2.45) is 0 Å². The molecule has 0 bridgehead atoms. The van der Waals surface area contributed by atoms with Gasteiger partial charge >= 0.3 is 0 Å². The van der Waals surface area contributed by atoms with Crippen LogP contribution in [0.15, 0.2) is 54.6 Å². The van der Waals surface area contributed by atoms with E-state index in [2.05, 4.69) is 33.2 Å². The molecule has 2 aromatic carbocycles. The highest BCUT2D eigenvalue weighted by Gasteiger charge is 2.16. The Balaban J connectivity index is 1.53. The van der Waals surface area contributed by atoms with Gasteiger partial charge in [0.1, 0.15) is 22.3 Å². The van der Waals surface area contributed by atoms with Gasteiger partial charge in [-0.05, 0) is 43.4 Å². The fourth-order valence-corrected chi connectivity index (χ4v) is 3.58. The summed E-state index contributed by atoms with van der Waals surface area (Å²) in [6, 6.07) is 16.8. The van der Waals surface area contributed by atoms with E-state index in [1.807, 2.05) is 18.2 Å². The van der Waals surface area contributed by atoms with Crippen molar-refractivity contribution in [1.82, 2.24) is 9.88 Å². The maximum atomic E-state index is 6.28. The Morgan fingerprint density at radius 3 is 2.58 bits per heavy atom. The summed E-state index contributed by atoms with van der Waals surface area (Å²) >= 11 is 6.28. The summed E-state index contributed by atoms with van der Waals surface area (Å²) in [5.74, 6) is 2.20. The molecule has 3 N–H and O–H groups in total. The molecule has 7 nitrogen and oxygen atoms in total. The fourth-order valence-electron chi connectivity index (χ4n) is 3.44. The lowest BCUT2D eigenvalue weighted by Crippen LogP contribution is -2.44. The molecular formula is C23H26ClN5O2. The van der Waals surface area contributed by atoms with Crippen LogP contribution in [0.1, 0.15) is 0 Å². The number of nitrogens with zero attached hydrogens (tertiary/aromatic N) is 3. The van der Waals surface area contributed by atoms with E-state index in [9.17, 15) is 0 Å². The zero-order chi connectivity index (χ0) is 21.8. The maximum Gasteiger partial charge on any atom is 0.240 e. The average Bonchev–Trinajstić information content (AvgIpc) is 2.77. The van der Waals surface area contributed by atoms with Crippen LogP contribution >= 0.6 is 11.6 Å². The predicted molar refractivity (Wildman–Crippen MR) is 126 cm³/mol. The van der Waals surface area contributed by atoms with E-state index in [0.29, 0.717) is 28.2 Å². The largest absolute Gasteiger partial charge is 0.494 e. The lowest BCUT2D eigenvalue weighted by Gasteiger charge is -2.34. The molecule has 0 radical (unpaired) electrons. The van der Waals surface area contributed by atoms with Crippen molar-refractivity contribution in [3.8, 4) is 17.4 Å². The van der Waals surface area contributed by atoms with Gasteiger partial charge in [0.05, 0.1) is 12.8 Å². The van der Waals surface area contributed by atoms with Crippen LogP contribution in [-0.2, 0) is 0 Å². The van der Waals surface area contributed by atoms with E-state index in [0.717, 1.165) is 43.3 Å². The minimum Gasteiger partial charge on any atom is -0.494 e. The number of nitrogen functional groups attached to an aromatic ring is 1. The normalized spacial score (nSPS) is 14.4. The Morgan fingerprint density at radius 1 is 1.03 bits per heavy atom. The minimum absolute atomic E-state index is 0.297. The second-order valence-electron chi connectivity index (χ2n) is 7.46. The molecule has 31 heavy (non-hydrogen) atoms. The van der Waals surface area contributed by atoms with E-state index in [-0.39, 0.29) is 0 Å². The van der Waals surface area contributed by atoms with Crippen LogP contribution < -0.4 is 25.4 Å². The molecule has 162 valence electrons. The first kappa shape index (κ1) is 21.1. The number of aromatic nitrogens is 1. The van der Waals surface area contributed by atoms with Crippen molar-refractivity contribution in [2.75, 3.05) is 56.3 Å². The molecule has 0 aliphatic carbocycles. The molecule has 0 amide bonds. The average molecular weight is 440 g/mol. The topological polar surface area (TPSA) is 75.9 Å². The van der Waals surface area contributed by atoms with Crippen molar-refractivity contribution in [3.63, 3.8) is 0 Å². The highest BCUT2D eigenvalue weighted by molar-refractivity contribution is 6.31. The van der Waals surface area contributed by atoms with Gasteiger partial charge in [-0.1, -0.05) is 17.7 Å². The van der Waals surface area contributed by atoms with E-state index >= 15 is 0 Å². The van der Waals surface area contributed by atoms with Gasteiger partial charge in [0, 0.05) is 49.7 Å². The van der Waals surface area contributed by atoms with Crippen molar-refractivity contribution >= 4 is 34.5 Å². The van der Waals surface area contributed by atoms with E-state index < -0.39 is 0 Å². The maximum absolute atomic E-state index is 6.28. The third kappa shape index (κ3) is 5.13. The van der Waals surface area contributed by atoms with Crippen molar-refractivity contribution in [1.29, 1.82) is 0 Å². The molecule has 0 atom stereocenters.